The average molecular weight is 262 g/mol. The van der Waals surface area contributed by atoms with Crippen molar-refractivity contribution in [3.63, 3.8) is 0 Å². The zero-order chi connectivity index (χ0) is 13.7. The van der Waals surface area contributed by atoms with Gasteiger partial charge in [0.25, 0.3) is 0 Å². The molecule has 1 aromatic rings. The van der Waals surface area contributed by atoms with Crippen LogP contribution in [0.15, 0.2) is 24.3 Å². The molecule has 1 aliphatic heterocycles. The number of nitrogens with zero attached hydrogens (tertiary/aromatic N) is 1. The predicted molar refractivity (Wildman–Crippen MR) is 79.5 cm³/mol. The molecule has 1 N–H and O–H groups in total. The summed E-state index contributed by atoms with van der Waals surface area (Å²) in [5.41, 5.74) is 1.74. The Morgan fingerprint density at radius 1 is 1.37 bits per heavy atom. The summed E-state index contributed by atoms with van der Waals surface area (Å²) in [5.74, 6) is 0.978. The van der Waals surface area contributed by atoms with Gasteiger partial charge < -0.3 is 10.1 Å². The van der Waals surface area contributed by atoms with Gasteiger partial charge in [-0.2, -0.15) is 0 Å². The number of likely N-dealkylation sites (tertiary alicyclic amines) is 1. The third-order valence-electron chi connectivity index (χ3n) is 3.71. The van der Waals surface area contributed by atoms with Crippen LogP contribution in [-0.4, -0.2) is 38.2 Å². The average Bonchev–Trinajstić information content (AvgIpc) is 2.70. The Morgan fingerprint density at radius 2 is 2.21 bits per heavy atom. The molecule has 0 aliphatic carbocycles. The van der Waals surface area contributed by atoms with Gasteiger partial charge in [-0.25, -0.2) is 0 Å². The molecule has 1 aromatic carbocycles. The lowest BCUT2D eigenvalue weighted by Gasteiger charge is -2.19. The van der Waals surface area contributed by atoms with Gasteiger partial charge >= 0.3 is 0 Å². The van der Waals surface area contributed by atoms with Gasteiger partial charge in [0.15, 0.2) is 0 Å². The fourth-order valence-electron chi connectivity index (χ4n) is 2.66. The quantitative estimate of drug-likeness (QED) is 0.852. The van der Waals surface area contributed by atoms with Gasteiger partial charge in [-0.1, -0.05) is 26.0 Å². The van der Waals surface area contributed by atoms with Crippen molar-refractivity contribution in [2.24, 2.45) is 5.41 Å². The minimum absolute atomic E-state index is 0.479. The first-order chi connectivity index (χ1) is 9.09. The van der Waals surface area contributed by atoms with Crippen LogP contribution in [0.2, 0.25) is 0 Å². The van der Waals surface area contributed by atoms with Gasteiger partial charge in [-0.3, -0.25) is 4.90 Å². The summed E-state index contributed by atoms with van der Waals surface area (Å²) in [5, 5.41) is 3.16. The number of rotatable bonds is 6. The topological polar surface area (TPSA) is 24.5 Å². The van der Waals surface area contributed by atoms with Crippen LogP contribution in [0.3, 0.4) is 0 Å². The Labute approximate surface area is 116 Å². The SMILES string of the molecule is CNCc1cccc(OCCN2CCC(C)(C)C2)c1. The molecule has 3 nitrogen and oxygen atoms in total. The van der Waals surface area contributed by atoms with Crippen molar-refractivity contribution in [3.05, 3.63) is 29.8 Å². The lowest BCUT2D eigenvalue weighted by molar-refractivity contribution is 0.222. The summed E-state index contributed by atoms with van der Waals surface area (Å²) in [6.07, 6.45) is 1.30. The second kappa shape index (κ2) is 6.40. The van der Waals surface area contributed by atoms with E-state index in [1.807, 2.05) is 13.1 Å². The monoisotopic (exact) mass is 262 g/mol. The smallest absolute Gasteiger partial charge is 0.119 e. The molecule has 0 atom stereocenters. The summed E-state index contributed by atoms with van der Waals surface area (Å²) in [6.45, 7) is 9.77. The first kappa shape index (κ1) is 14.4. The molecular formula is C16H26N2O. The van der Waals surface area contributed by atoms with E-state index in [-0.39, 0.29) is 0 Å². The molecule has 106 valence electrons. The van der Waals surface area contributed by atoms with Gasteiger partial charge in [0, 0.05) is 19.6 Å². The Bertz CT molecular complexity index is 403. The van der Waals surface area contributed by atoms with Crippen LogP contribution in [-0.2, 0) is 6.54 Å². The highest BCUT2D eigenvalue weighted by atomic mass is 16.5. The Morgan fingerprint density at radius 3 is 2.89 bits per heavy atom. The van der Waals surface area contributed by atoms with Gasteiger partial charge in [0.2, 0.25) is 0 Å². The summed E-state index contributed by atoms with van der Waals surface area (Å²) < 4.78 is 5.85. The molecule has 0 amide bonds. The van der Waals surface area contributed by atoms with Crippen LogP contribution >= 0.6 is 0 Å². The lowest BCUT2D eigenvalue weighted by Crippen LogP contribution is -2.27. The van der Waals surface area contributed by atoms with Crippen LogP contribution in [0.25, 0.3) is 0 Å². The van der Waals surface area contributed by atoms with Crippen molar-refractivity contribution in [1.29, 1.82) is 0 Å². The van der Waals surface area contributed by atoms with Crippen molar-refractivity contribution < 1.29 is 4.74 Å². The van der Waals surface area contributed by atoms with Crippen LogP contribution in [0.1, 0.15) is 25.8 Å². The summed E-state index contributed by atoms with van der Waals surface area (Å²) in [6, 6.07) is 8.32. The van der Waals surface area contributed by atoms with E-state index >= 15 is 0 Å². The maximum atomic E-state index is 5.85. The standard InChI is InChI=1S/C16H26N2O/c1-16(2)7-8-18(13-16)9-10-19-15-6-4-5-14(11-15)12-17-3/h4-6,11,17H,7-10,12-13H2,1-3H3. The predicted octanol–water partition coefficient (Wildman–Crippen LogP) is 2.52. The molecular weight excluding hydrogens is 236 g/mol. The Balaban J connectivity index is 1.75. The maximum absolute atomic E-state index is 5.85. The second-order valence-corrected chi connectivity index (χ2v) is 6.22. The zero-order valence-corrected chi connectivity index (χ0v) is 12.4. The Hall–Kier alpha value is -1.06. The summed E-state index contributed by atoms with van der Waals surface area (Å²) in [7, 11) is 1.96. The normalized spacial score (nSPS) is 18.7. The number of hydrogen-bond donors (Lipinski definition) is 1. The molecule has 0 saturated carbocycles. The molecule has 0 aromatic heterocycles. The van der Waals surface area contributed by atoms with Crippen molar-refractivity contribution in [2.75, 3.05) is 33.3 Å². The second-order valence-electron chi connectivity index (χ2n) is 6.22. The highest BCUT2D eigenvalue weighted by Gasteiger charge is 2.28. The summed E-state index contributed by atoms with van der Waals surface area (Å²) >= 11 is 0. The summed E-state index contributed by atoms with van der Waals surface area (Å²) in [4.78, 5) is 2.50. The molecule has 0 unspecified atom stereocenters. The van der Waals surface area contributed by atoms with E-state index in [0.29, 0.717) is 5.41 Å². The fourth-order valence-corrected chi connectivity index (χ4v) is 2.66. The maximum Gasteiger partial charge on any atom is 0.119 e. The molecule has 1 heterocycles. The van der Waals surface area contributed by atoms with E-state index in [2.05, 4.69) is 42.3 Å². The number of benzene rings is 1. The Kier molecular flexibility index (Phi) is 4.83. The number of nitrogens with one attached hydrogen (secondary N) is 1. The van der Waals surface area contributed by atoms with Crippen LogP contribution in [0.4, 0.5) is 0 Å². The van der Waals surface area contributed by atoms with E-state index in [9.17, 15) is 0 Å². The van der Waals surface area contributed by atoms with Gasteiger partial charge in [0.05, 0.1) is 0 Å². The molecule has 0 spiro atoms. The third-order valence-corrected chi connectivity index (χ3v) is 3.71. The van der Waals surface area contributed by atoms with Gasteiger partial charge in [-0.15, -0.1) is 0 Å². The number of ether oxygens (including phenoxy) is 1. The zero-order valence-electron chi connectivity index (χ0n) is 12.4. The highest BCUT2D eigenvalue weighted by Crippen LogP contribution is 2.28. The minimum atomic E-state index is 0.479. The highest BCUT2D eigenvalue weighted by molar-refractivity contribution is 5.28. The third kappa shape index (κ3) is 4.51. The van der Waals surface area contributed by atoms with Crippen molar-refractivity contribution in [1.82, 2.24) is 10.2 Å². The minimum Gasteiger partial charge on any atom is -0.492 e. The molecule has 19 heavy (non-hydrogen) atoms. The molecule has 1 aliphatic rings. The number of hydrogen-bond acceptors (Lipinski definition) is 3. The van der Waals surface area contributed by atoms with E-state index in [1.54, 1.807) is 0 Å². The van der Waals surface area contributed by atoms with Crippen molar-refractivity contribution in [3.8, 4) is 5.75 Å². The molecule has 1 fully saturated rings. The molecule has 3 heteroatoms. The van der Waals surface area contributed by atoms with Gasteiger partial charge in [0.1, 0.15) is 12.4 Å². The van der Waals surface area contributed by atoms with Crippen molar-refractivity contribution in [2.45, 2.75) is 26.8 Å². The van der Waals surface area contributed by atoms with Crippen LogP contribution < -0.4 is 10.1 Å². The van der Waals surface area contributed by atoms with E-state index in [4.69, 9.17) is 4.74 Å². The molecule has 0 bridgehead atoms. The molecule has 1 saturated heterocycles. The largest absolute Gasteiger partial charge is 0.492 e. The molecule has 2 rings (SSSR count). The van der Waals surface area contributed by atoms with Crippen LogP contribution in [0, 0.1) is 5.41 Å². The fraction of sp³-hybridized carbons (Fsp3) is 0.625. The van der Waals surface area contributed by atoms with E-state index < -0.39 is 0 Å². The van der Waals surface area contributed by atoms with E-state index in [1.165, 1.54) is 25.1 Å². The lowest BCUT2D eigenvalue weighted by atomic mass is 9.93. The first-order valence-corrected chi connectivity index (χ1v) is 7.18. The molecule has 0 radical (unpaired) electrons. The van der Waals surface area contributed by atoms with E-state index in [0.717, 1.165) is 25.4 Å². The van der Waals surface area contributed by atoms with Crippen molar-refractivity contribution >= 4 is 0 Å². The van der Waals surface area contributed by atoms with Gasteiger partial charge in [-0.05, 0) is 43.1 Å². The van der Waals surface area contributed by atoms with Crippen LogP contribution in [0.5, 0.6) is 5.75 Å². The first-order valence-electron chi connectivity index (χ1n) is 7.18.